The summed E-state index contributed by atoms with van der Waals surface area (Å²) in [6.07, 6.45) is 1.52. The highest BCUT2D eigenvalue weighted by molar-refractivity contribution is 5.97. The molecule has 0 aliphatic rings. The van der Waals surface area contributed by atoms with Crippen LogP contribution >= 0.6 is 0 Å². The lowest BCUT2D eigenvalue weighted by Crippen LogP contribution is -1.94. The van der Waals surface area contributed by atoms with Crippen molar-refractivity contribution < 1.29 is 9.21 Å². The van der Waals surface area contributed by atoms with Gasteiger partial charge in [0.25, 0.3) is 0 Å². The zero-order valence-electron chi connectivity index (χ0n) is 6.94. The molecule has 0 spiro atoms. The lowest BCUT2D eigenvalue weighted by Gasteiger charge is -1.90. The van der Waals surface area contributed by atoms with E-state index in [0.29, 0.717) is 17.1 Å². The van der Waals surface area contributed by atoms with Gasteiger partial charge in [-0.05, 0) is 12.1 Å². The number of carbonyl (C=O) groups is 1. The Labute approximate surface area is 73.8 Å². The largest absolute Gasteiger partial charge is 0.463 e. The lowest BCUT2D eigenvalue weighted by molar-refractivity contribution is 0.101. The smallest absolute Gasteiger partial charge is 0.182 e. The fourth-order valence-corrected chi connectivity index (χ4v) is 1.06. The van der Waals surface area contributed by atoms with Crippen molar-refractivity contribution in [1.29, 1.82) is 0 Å². The molecular weight excluding hydrogens is 170 g/mol. The average Bonchev–Trinajstić information content (AvgIpc) is 2.74. The maximum Gasteiger partial charge on any atom is 0.182 e. The molecule has 0 amide bonds. The number of ketones is 1. The van der Waals surface area contributed by atoms with Gasteiger partial charge in [0.05, 0.1) is 6.26 Å². The maximum atomic E-state index is 11.1. The number of aromatic nitrogens is 3. The van der Waals surface area contributed by atoms with Crippen molar-refractivity contribution in [2.45, 2.75) is 6.92 Å². The van der Waals surface area contributed by atoms with Crippen molar-refractivity contribution >= 4 is 5.78 Å². The van der Waals surface area contributed by atoms with Crippen molar-refractivity contribution in [1.82, 2.24) is 15.4 Å². The van der Waals surface area contributed by atoms with Crippen molar-refractivity contribution in [2.75, 3.05) is 0 Å². The van der Waals surface area contributed by atoms with Gasteiger partial charge in [0.2, 0.25) is 0 Å². The van der Waals surface area contributed by atoms with Crippen LogP contribution in [0.1, 0.15) is 17.4 Å². The molecule has 1 N–H and O–H groups in total. The summed E-state index contributed by atoms with van der Waals surface area (Å²) in [6.45, 7) is 1.43. The summed E-state index contributed by atoms with van der Waals surface area (Å²) in [7, 11) is 0. The van der Waals surface area contributed by atoms with Gasteiger partial charge < -0.3 is 4.42 Å². The van der Waals surface area contributed by atoms with Gasteiger partial charge in [-0.3, -0.25) is 4.79 Å². The summed E-state index contributed by atoms with van der Waals surface area (Å²) in [5, 5.41) is 9.94. The second kappa shape index (κ2) is 2.85. The van der Waals surface area contributed by atoms with Gasteiger partial charge in [-0.2, -0.15) is 15.4 Å². The molecule has 0 bridgehead atoms. The highest BCUT2D eigenvalue weighted by Gasteiger charge is 2.15. The molecule has 0 aliphatic heterocycles. The molecule has 5 heteroatoms. The molecule has 0 unspecified atom stereocenters. The van der Waals surface area contributed by atoms with Gasteiger partial charge in [-0.25, -0.2) is 0 Å². The summed E-state index contributed by atoms with van der Waals surface area (Å²) in [5.74, 6) is 0.402. The van der Waals surface area contributed by atoms with E-state index in [9.17, 15) is 4.79 Å². The number of furan rings is 1. The van der Waals surface area contributed by atoms with Crippen LogP contribution in [-0.4, -0.2) is 21.2 Å². The minimum atomic E-state index is -0.139. The van der Waals surface area contributed by atoms with E-state index in [-0.39, 0.29) is 5.78 Å². The first-order valence-corrected chi connectivity index (χ1v) is 3.74. The van der Waals surface area contributed by atoms with Gasteiger partial charge >= 0.3 is 0 Å². The second-order valence-electron chi connectivity index (χ2n) is 2.55. The molecule has 0 aromatic carbocycles. The van der Waals surface area contributed by atoms with E-state index in [4.69, 9.17) is 4.42 Å². The minimum absolute atomic E-state index is 0.139. The molecule has 0 radical (unpaired) electrons. The highest BCUT2D eigenvalue weighted by Crippen LogP contribution is 2.19. The Bertz CT molecular complexity index is 416. The first-order chi connectivity index (χ1) is 6.29. The monoisotopic (exact) mass is 177 g/mol. The predicted octanol–water partition coefficient (Wildman–Crippen LogP) is 1.27. The maximum absolute atomic E-state index is 11.1. The van der Waals surface area contributed by atoms with Gasteiger partial charge in [-0.15, -0.1) is 0 Å². The third-order valence-electron chi connectivity index (χ3n) is 1.64. The molecule has 2 heterocycles. The van der Waals surface area contributed by atoms with E-state index >= 15 is 0 Å². The molecule has 0 atom stereocenters. The molecule has 2 aromatic rings. The predicted molar refractivity (Wildman–Crippen MR) is 44.1 cm³/mol. The number of nitrogens with one attached hydrogen (secondary N) is 1. The molecule has 13 heavy (non-hydrogen) atoms. The van der Waals surface area contributed by atoms with Crippen LogP contribution in [-0.2, 0) is 0 Å². The number of nitrogens with zero attached hydrogens (tertiary/aromatic N) is 2. The Balaban J connectivity index is 2.52. The van der Waals surface area contributed by atoms with E-state index in [0.717, 1.165) is 0 Å². The van der Waals surface area contributed by atoms with E-state index < -0.39 is 0 Å². The summed E-state index contributed by atoms with van der Waals surface area (Å²) < 4.78 is 5.09. The molecular formula is C8H7N3O2. The Kier molecular flexibility index (Phi) is 1.70. The van der Waals surface area contributed by atoms with Crippen LogP contribution in [0.5, 0.6) is 0 Å². The molecule has 0 saturated heterocycles. The van der Waals surface area contributed by atoms with E-state index in [2.05, 4.69) is 15.4 Å². The SMILES string of the molecule is CC(=O)c1n[nH]nc1-c1ccco1. The quantitative estimate of drug-likeness (QED) is 0.701. The van der Waals surface area contributed by atoms with E-state index in [1.165, 1.54) is 13.2 Å². The van der Waals surface area contributed by atoms with Crippen LogP contribution in [0.3, 0.4) is 0 Å². The lowest BCUT2D eigenvalue weighted by atomic mass is 10.2. The summed E-state index contributed by atoms with van der Waals surface area (Å²) in [6, 6.07) is 3.46. The molecule has 0 saturated carbocycles. The Morgan fingerprint density at radius 2 is 2.38 bits per heavy atom. The van der Waals surface area contributed by atoms with E-state index in [1.54, 1.807) is 12.1 Å². The van der Waals surface area contributed by atoms with Crippen LogP contribution in [0.25, 0.3) is 11.5 Å². The number of carbonyl (C=O) groups excluding carboxylic acids is 1. The molecule has 2 aromatic heterocycles. The number of hydrogen-bond acceptors (Lipinski definition) is 4. The Morgan fingerprint density at radius 3 is 3.00 bits per heavy atom. The number of hydrogen-bond donors (Lipinski definition) is 1. The third kappa shape index (κ3) is 1.24. The molecule has 5 nitrogen and oxygen atoms in total. The van der Waals surface area contributed by atoms with Crippen molar-refractivity contribution in [3.63, 3.8) is 0 Å². The minimum Gasteiger partial charge on any atom is -0.463 e. The Morgan fingerprint density at radius 1 is 1.54 bits per heavy atom. The first kappa shape index (κ1) is 7.72. The molecule has 66 valence electrons. The van der Waals surface area contributed by atoms with Crippen LogP contribution in [0.2, 0.25) is 0 Å². The third-order valence-corrected chi connectivity index (χ3v) is 1.64. The zero-order valence-corrected chi connectivity index (χ0v) is 6.94. The topological polar surface area (TPSA) is 71.8 Å². The van der Waals surface area contributed by atoms with Gasteiger partial charge in [0, 0.05) is 6.92 Å². The van der Waals surface area contributed by atoms with Crippen LogP contribution in [0.4, 0.5) is 0 Å². The van der Waals surface area contributed by atoms with Gasteiger partial charge in [0.15, 0.2) is 22.9 Å². The summed E-state index contributed by atoms with van der Waals surface area (Å²) in [5.41, 5.74) is 0.757. The van der Waals surface area contributed by atoms with Crippen LogP contribution in [0, 0.1) is 0 Å². The van der Waals surface area contributed by atoms with Crippen molar-refractivity contribution in [3.8, 4) is 11.5 Å². The Hall–Kier alpha value is -1.91. The standard InChI is InChI=1S/C8H7N3O2/c1-5(12)7-8(10-11-9-7)6-3-2-4-13-6/h2-4H,1H3,(H,9,10,11). The normalized spacial score (nSPS) is 10.2. The average molecular weight is 177 g/mol. The zero-order chi connectivity index (χ0) is 9.26. The van der Waals surface area contributed by atoms with Gasteiger partial charge in [-0.1, -0.05) is 0 Å². The van der Waals surface area contributed by atoms with Crippen molar-refractivity contribution in [2.24, 2.45) is 0 Å². The van der Waals surface area contributed by atoms with E-state index in [1.807, 2.05) is 0 Å². The number of Topliss-reactive ketones (excluding diaryl/α,β-unsaturated/α-hetero) is 1. The molecule has 0 aliphatic carbocycles. The number of rotatable bonds is 2. The fraction of sp³-hybridized carbons (Fsp3) is 0.125. The summed E-state index contributed by atoms with van der Waals surface area (Å²) in [4.78, 5) is 11.1. The fourth-order valence-electron chi connectivity index (χ4n) is 1.06. The van der Waals surface area contributed by atoms with Crippen LogP contribution in [0.15, 0.2) is 22.8 Å². The highest BCUT2D eigenvalue weighted by atomic mass is 16.3. The van der Waals surface area contributed by atoms with Gasteiger partial charge in [0.1, 0.15) is 0 Å². The van der Waals surface area contributed by atoms with Crippen LogP contribution < -0.4 is 0 Å². The molecule has 2 rings (SSSR count). The second-order valence-corrected chi connectivity index (χ2v) is 2.55. The number of aromatic amines is 1. The number of H-pyrrole nitrogens is 1. The van der Waals surface area contributed by atoms with Crippen molar-refractivity contribution in [3.05, 3.63) is 24.1 Å². The first-order valence-electron chi connectivity index (χ1n) is 3.74. The molecule has 0 fully saturated rings. The summed E-state index contributed by atoms with van der Waals surface area (Å²) >= 11 is 0.